The van der Waals surface area contributed by atoms with Crippen molar-refractivity contribution >= 4 is 41.5 Å². The Morgan fingerprint density at radius 3 is 2.65 bits per heavy atom. The van der Waals surface area contributed by atoms with Gasteiger partial charge in [0.2, 0.25) is 5.91 Å². The van der Waals surface area contributed by atoms with Gasteiger partial charge in [0.25, 0.3) is 0 Å². The van der Waals surface area contributed by atoms with Crippen molar-refractivity contribution < 1.29 is 9.21 Å². The highest BCUT2D eigenvalue weighted by molar-refractivity contribution is 14.0. The largest absolute Gasteiger partial charge is 0.469 e. The molecule has 0 aliphatic carbocycles. The van der Waals surface area contributed by atoms with Crippen LogP contribution in [-0.4, -0.2) is 32.0 Å². The third-order valence-electron chi connectivity index (χ3n) is 4.25. The summed E-state index contributed by atoms with van der Waals surface area (Å²) in [4.78, 5) is 17.9. The molecule has 140 valence electrons. The summed E-state index contributed by atoms with van der Waals surface area (Å²) in [6, 6.07) is 12.0. The van der Waals surface area contributed by atoms with Crippen LogP contribution in [0.2, 0.25) is 0 Å². The average Bonchev–Trinajstić information content (AvgIpc) is 3.30. The Bertz CT molecular complexity index is 714. The Morgan fingerprint density at radius 2 is 2.04 bits per heavy atom. The summed E-state index contributed by atoms with van der Waals surface area (Å²) in [5.74, 6) is 1.92. The van der Waals surface area contributed by atoms with Crippen LogP contribution in [0.15, 0.2) is 52.1 Å². The maximum absolute atomic E-state index is 11.8. The van der Waals surface area contributed by atoms with Gasteiger partial charge in [-0.3, -0.25) is 9.79 Å². The van der Waals surface area contributed by atoms with E-state index in [0.717, 1.165) is 48.9 Å². The van der Waals surface area contributed by atoms with E-state index in [1.807, 2.05) is 41.3 Å². The lowest BCUT2D eigenvalue weighted by Gasteiger charge is -2.16. The number of rotatable bonds is 6. The first-order valence-corrected chi connectivity index (χ1v) is 8.62. The fourth-order valence-corrected chi connectivity index (χ4v) is 2.88. The molecule has 0 spiro atoms. The number of carbonyl (C=O) groups is 1. The number of anilines is 1. The molecule has 1 aliphatic heterocycles. The van der Waals surface area contributed by atoms with E-state index in [0.29, 0.717) is 13.0 Å². The average molecular weight is 468 g/mol. The maximum Gasteiger partial charge on any atom is 0.227 e. The fraction of sp³-hybridized carbons (Fsp3) is 0.368. The maximum atomic E-state index is 11.8. The molecule has 1 aromatic heterocycles. The molecule has 2 N–H and O–H groups in total. The molecule has 26 heavy (non-hydrogen) atoms. The smallest absolute Gasteiger partial charge is 0.227 e. The summed E-state index contributed by atoms with van der Waals surface area (Å²) in [6.45, 7) is 2.25. The van der Waals surface area contributed by atoms with Gasteiger partial charge in [0, 0.05) is 45.2 Å². The molecule has 0 saturated carbocycles. The number of furan rings is 1. The van der Waals surface area contributed by atoms with E-state index < -0.39 is 0 Å². The van der Waals surface area contributed by atoms with Gasteiger partial charge in [-0.1, -0.05) is 12.1 Å². The van der Waals surface area contributed by atoms with Crippen molar-refractivity contribution in [1.82, 2.24) is 10.6 Å². The van der Waals surface area contributed by atoms with Crippen LogP contribution in [0.5, 0.6) is 0 Å². The molecular weight excluding hydrogens is 443 g/mol. The van der Waals surface area contributed by atoms with E-state index in [9.17, 15) is 4.79 Å². The summed E-state index contributed by atoms with van der Waals surface area (Å²) in [5.41, 5.74) is 2.12. The number of hydrogen-bond donors (Lipinski definition) is 2. The highest BCUT2D eigenvalue weighted by atomic mass is 127. The van der Waals surface area contributed by atoms with Gasteiger partial charge >= 0.3 is 0 Å². The normalized spacial score (nSPS) is 14.3. The number of hydrogen-bond acceptors (Lipinski definition) is 3. The Labute approximate surface area is 171 Å². The molecule has 0 radical (unpaired) electrons. The van der Waals surface area contributed by atoms with Gasteiger partial charge < -0.3 is 20.0 Å². The van der Waals surface area contributed by atoms with Crippen LogP contribution in [0.4, 0.5) is 5.69 Å². The Morgan fingerprint density at radius 1 is 1.23 bits per heavy atom. The minimum absolute atomic E-state index is 0. The minimum atomic E-state index is 0. The van der Waals surface area contributed by atoms with Gasteiger partial charge in [-0.15, -0.1) is 24.0 Å². The molecule has 2 heterocycles. The standard InChI is InChI=1S/C19H24N4O2.HI/c1-20-19(21-11-10-17-4-3-13-25-17)22-14-15-6-8-16(9-7-15)23-12-2-5-18(23)24;/h3-4,6-9,13H,2,5,10-12,14H2,1H3,(H2,20,21,22);1H. The zero-order chi connectivity index (χ0) is 17.5. The van der Waals surface area contributed by atoms with Crippen molar-refractivity contribution in [3.8, 4) is 0 Å². The van der Waals surface area contributed by atoms with E-state index in [2.05, 4.69) is 15.6 Å². The van der Waals surface area contributed by atoms with E-state index in [1.54, 1.807) is 13.3 Å². The molecule has 1 fully saturated rings. The van der Waals surface area contributed by atoms with Crippen LogP contribution in [0.25, 0.3) is 0 Å². The van der Waals surface area contributed by atoms with Crippen molar-refractivity contribution in [1.29, 1.82) is 0 Å². The van der Waals surface area contributed by atoms with Crippen molar-refractivity contribution in [2.24, 2.45) is 4.99 Å². The molecule has 2 aromatic rings. The Balaban J connectivity index is 0.00000243. The highest BCUT2D eigenvalue weighted by Gasteiger charge is 2.21. The van der Waals surface area contributed by atoms with Gasteiger partial charge in [-0.2, -0.15) is 0 Å². The molecule has 1 amide bonds. The molecular formula is C19H25IN4O2. The zero-order valence-corrected chi connectivity index (χ0v) is 17.2. The Hall–Kier alpha value is -2.03. The third kappa shape index (κ3) is 5.48. The van der Waals surface area contributed by atoms with Crippen molar-refractivity contribution in [3.05, 3.63) is 54.0 Å². The van der Waals surface area contributed by atoms with E-state index in [-0.39, 0.29) is 29.9 Å². The van der Waals surface area contributed by atoms with Gasteiger partial charge in [0.1, 0.15) is 5.76 Å². The Kier molecular flexibility index (Phi) is 7.96. The minimum Gasteiger partial charge on any atom is -0.469 e. The number of amides is 1. The molecule has 3 rings (SSSR count). The highest BCUT2D eigenvalue weighted by Crippen LogP contribution is 2.21. The first-order valence-electron chi connectivity index (χ1n) is 8.62. The molecule has 0 bridgehead atoms. The van der Waals surface area contributed by atoms with E-state index >= 15 is 0 Å². The lowest BCUT2D eigenvalue weighted by molar-refractivity contribution is -0.117. The first-order chi connectivity index (χ1) is 12.3. The van der Waals surface area contributed by atoms with Crippen molar-refractivity contribution in [2.45, 2.75) is 25.8 Å². The van der Waals surface area contributed by atoms with E-state index in [4.69, 9.17) is 4.42 Å². The SMILES string of the molecule is CN=C(NCCc1ccco1)NCc1ccc(N2CCCC2=O)cc1.I. The quantitative estimate of drug-likeness (QED) is 0.389. The summed E-state index contributed by atoms with van der Waals surface area (Å²) in [5, 5.41) is 6.56. The fourth-order valence-electron chi connectivity index (χ4n) is 2.88. The summed E-state index contributed by atoms with van der Waals surface area (Å²) in [6.07, 6.45) is 4.10. The number of guanidine groups is 1. The number of halogens is 1. The number of aliphatic imine (C=N–C) groups is 1. The molecule has 1 aromatic carbocycles. The summed E-state index contributed by atoms with van der Waals surface area (Å²) < 4.78 is 5.31. The molecule has 0 unspecified atom stereocenters. The summed E-state index contributed by atoms with van der Waals surface area (Å²) >= 11 is 0. The molecule has 1 aliphatic rings. The molecule has 7 heteroatoms. The number of benzene rings is 1. The van der Waals surface area contributed by atoms with Gasteiger partial charge in [-0.05, 0) is 36.2 Å². The number of carbonyl (C=O) groups excluding carboxylic acids is 1. The van der Waals surface area contributed by atoms with E-state index in [1.165, 1.54) is 0 Å². The van der Waals surface area contributed by atoms with Crippen LogP contribution in [0.1, 0.15) is 24.2 Å². The predicted molar refractivity (Wildman–Crippen MR) is 114 cm³/mol. The lowest BCUT2D eigenvalue weighted by Crippen LogP contribution is -2.37. The van der Waals surface area contributed by atoms with Crippen molar-refractivity contribution in [2.75, 3.05) is 25.0 Å². The third-order valence-corrected chi connectivity index (χ3v) is 4.25. The lowest BCUT2D eigenvalue weighted by atomic mass is 10.2. The van der Waals surface area contributed by atoms with Crippen molar-refractivity contribution in [3.63, 3.8) is 0 Å². The second-order valence-electron chi connectivity index (χ2n) is 6.00. The van der Waals surface area contributed by atoms with Crippen LogP contribution >= 0.6 is 24.0 Å². The molecule has 0 atom stereocenters. The van der Waals surface area contributed by atoms with Gasteiger partial charge in [0.05, 0.1) is 6.26 Å². The summed E-state index contributed by atoms with van der Waals surface area (Å²) in [7, 11) is 1.75. The zero-order valence-electron chi connectivity index (χ0n) is 14.9. The van der Waals surface area contributed by atoms with Gasteiger partial charge in [-0.25, -0.2) is 0 Å². The van der Waals surface area contributed by atoms with Crippen LogP contribution in [0.3, 0.4) is 0 Å². The van der Waals surface area contributed by atoms with Gasteiger partial charge in [0.15, 0.2) is 5.96 Å². The second-order valence-corrected chi connectivity index (χ2v) is 6.00. The topological polar surface area (TPSA) is 69.9 Å². The monoisotopic (exact) mass is 468 g/mol. The number of nitrogens with zero attached hydrogens (tertiary/aromatic N) is 2. The van der Waals surface area contributed by atoms with Crippen LogP contribution in [-0.2, 0) is 17.8 Å². The second kappa shape index (κ2) is 10.2. The number of nitrogens with one attached hydrogen (secondary N) is 2. The van der Waals surface area contributed by atoms with Crippen LogP contribution < -0.4 is 15.5 Å². The van der Waals surface area contributed by atoms with Crippen LogP contribution in [0, 0.1) is 0 Å². The first kappa shape index (κ1) is 20.3. The predicted octanol–water partition coefficient (Wildman–Crippen LogP) is 2.93. The molecule has 1 saturated heterocycles. The molecule has 6 nitrogen and oxygen atoms in total.